The van der Waals surface area contributed by atoms with E-state index in [1.165, 1.54) is 0 Å². The van der Waals surface area contributed by atoms with Gasteiger partial charge in [0, 0.05) is 5.33 Å². The third-order valence-electron chi connectivity index (χ3n) is 1.60. The molecule has 0 saturated heterocycles. The highest BCUT2D eigenvalue weighted by atomic mass is 79.9. The molecule has 0 aliphatic rings. The number of rotatable bonds is 3. The summed E-state index contributed by atoms with van der Waals surface area (Å²) in [7, 11) is 0. The number of alkyl halides is 4. The van der Waals surface area contributed by atoms with E-state index in [1.54, 1.807) is 0 Å². The van der Waals surface area contributed by atoms with E-state index in [2.05, 4.69) is 25.7 Å². The van der Waals surface area contributed by atoms with Crippen molar-refractivity contribution >= 4 is 22.2 Å². The second kappa shape index (κ2) is 4.69. The summed E-state index contributed by atoms with van der Waals surface area (Å²) in [4.78, 5) is 13.8. The Balaban J connectivity index is 3.31. The minimum absolute atomic E-state index is 0.104. The molecule has 0 spiro atoms. The molecule has 0 aliphatic heterocycles. The number of halogens is 4. The average molecular weight is 300 g/mol. The largest absolute Gasteiger partial charge is 0.573 e. The van der Waals surface area contributed by atoms with E-state index in [1.807, 2.05) is 0 Å². The first-order valence-electron chi connectivity index (χ1n) is 3.86. The van der Waals surface area contributed by atoms with Crippen LogP contribution in [0.4, 0.5) is 13.2 Å². The predicted octanol–water partition coefficient (Wildman–Crippen LogP) is 2.39. The van der Waals surface area contributed by atoms with Crippen LogP contribution in [0.25, 0.3) is 0 Å². The summed E-state index contributed by atoms with van der Waals surface area (Å²) in [6.45, 7) is 0. The second-order valence-corrected chi connectivity index (χ2v) is 3.20. The smallest absolute Gasteiger partial charge is 0.506 e. The number of pyridine rings is 1. The maximum absolute atomic E-state index is 12.0. The predicted molar refractivity (Wildman–Crippen MR) is 50.6 cm³/mol. The van der Waals surface area contributed by atoms with Crippen molar-refractivity contribution in [2.45, 2.75) is 11.7 Å². The zero-order chi connectivity index (χ0) is 12.3. The molecule has 0 fully saturated rings. The van der Waals surface area contributed by atoms with Crippen LogP contribution in [-0.2, 0) is 5.33 Å². The molecule has 0 bridgehead atoms. The van der Waals surface area contributed by atoms with Crippen molar-refractivity contribution < 1.29 is 27.8 Å². The van der Waals surface area contributed by atoms with Gasteiger partial charge in [-0.05, 0) is 0 Å². The van der Waals surface area contributed by atoms with Crippen LogP contribution in [0.1, 0.15) is 16.1 Å². The maximum Gasteiger partial charge on any atom is 0.573 e. The number of carbonyl (C=O) groups excluding carboxylic acids is 1. The van der Waals surface area contributed by atoms with Crippen molar-refractivity contribution in [3.63, 3.8) is 0 Å². The third kappa shape index (κ3) is 2.84. The number of hydrogen-bond donors (Lipinski definition) is 1. The van der Waals surface area contributed by atoms with Crippen LogP contribution in [-0.4, -0.2) is 22.7 Å². The topological polar surface area (TPSA) is 59.4 Å². The first-order chi connectivity index (χ1) is 7.39. The van der Waals surface area contributed by atoms with Gasteiger partial charge in [0.05, 0.1) is 11.8 Å². The molecular formula is C8H5BrF3NO3. The van der Waals surface area contributed by atoms with Gasteiger partial charge in [-0.3, -0.25) is 4.79 Å². The summed E-state index contributed by atoms with van der Waals surface area (Å²) in [5.41, 5.74) is -0.709. The fourth-order valence-corrected chi connectivity index (χ4v) is 1.52. The summed E-state index contributed by atoms with van der Waals surface area (Å²) in [5.74, 6) is -1.28. The molecule has 0 unspecified atom stereocenters. The Bertz CT molecular complexity index is 408. The standard InChI is InChI=1S/C8H5BrF3NO3/c9-1-4-6(15)2-13-5(3-14)7(4)16-8(10,11)12/h2-3,15H,1H2. The fourth-order valence-electron chi connectivity index (χ4n) is 0.981. The molecule has 0 amide bonds. The fraction of sp³-hybridized carbons (Fsp3) is 0.250. The van der Waals surface area contributed by atoms with Crippen LogP contribution in [0.15, 0.2) is 6.20 Å². The number of aldehydes is 1. The van der Waals surface area contributed by atoms with E-state index in [0.29, 0.717) is 0 Å². The Morgan fingerprint density at radius 3 is 2.62 bits per heavy atom. The highest BCUT2D eigenvalue weighted by Crippen LogP contribution is 2.34. The molecule has 1 aromatic rings. The number of carbonyl (C=O) groups is 1. The van der Waals surface area contributed by atoms with Crippen LogP contribution in [0.5, 0.6) is 11.5 Å². The van der Waals surface area contributed by atoms with Crippen molar-refractivity contribution in [1.82, 2.24) is 4.98 Å². The number of nitrogens with zero attached hydrogens (tertiary/aromatic N) is 1. The van der Waals surface area contributed by atoms with Gasteiger partial charge in [-0.2, -0.15) is 0 Å². The molecule has 1 aromatic heterocycles. The Morgan fingerprint density at radius 1 is 1.56 bits per heavy atom. The van der Waals surface area contributed by atoms with Crippen molar-refractivity contribution in [2.75, 3.05) is 0 Å². The van der Waals surface area contributed by atoms with Crippen molar-refractivity contribution in [3.05, 3.63) is 17.5 Å². The Kier molecular flexibility index (Phi) is 3.74. The molecule has 0 aliphatic carbocycles. The van der Waals surface area contributed by atoms with E-state index >= 15 is 0 Å². The monoisotopic (exact) mass is 299 g/mol. The van der Waals surface area contributed by atoms with E-state index in [-0.39, 0.29) is 17.2 Å². The van der Waals surface area contributed by atoms with Gasteiger partial charge in [-0.15, -0.1) is 13.2 Å². The highest BCUT2D eigenvalue weighted by Gasteiger charge is 2.34. The van der Waals surface area contributed by atoms with Gasteiger partial charge in [0.1, 0.15) is 11.4 Å². The lowest BCUT2D eigenvalue weighted by molar-refractivity contribution is -0.275. The molecule has 1 heterocycles. The number of aromatic hydroxyl groups is 1. The molecule has 0 radical (unpaired) electrons. The summed E-state index contributed by atoms with van der Waals surface area (Å²) in [6.07, 6.45) is -3.96. The average Bonchev–Trinajstić information content (AvgIpc) is 2.16. The first-order valence-corrected chi connectivity index (χ1v) is 4.99. The zero-order valence-corrected chi connectivity index (χ0v) is 9.17. The summed E-state index contributed by atoms with van der Waals surface area (Å²) < 4.78 is 39.8. The summed E-state index contributed by atoms with van der Waals surface area (Å²) >= 11 is 2.88. The van der Waals surface area contributed by atoms with Gasteiger partial charge in [0.15, 0.2) is 12.0 Å². The molecule has 8 heteroatoms. The van der Waals surface area contributed by atoms with Gasteiger partial charge in [-0.1, -0.05) is 15.9 Å². The second-order valence-electron chi connectivity index (χ2n) is 2.64. The third-order valence-corrected chi connectivity index (χ3v) is 2.17. The van der Waals surface area contributed by atoms with Gasteiger partial charge in [-0.25, -0.2) is 4.98 Å². The maximum atomic E-state index is 12.0. The quantitative estimate of drug-likeness (QED) is 0.688. The molecule has 1 N–H and O–H groups in total. The van der Waals surface area contributed by atoms with Crippen molar-refractivity contribution in [1.29, 1.82) is 0 Å². The molecule has 1 rings (SSSR count). The lowest BCUT2D eigenvalue weighted by Gasteiger charge is -2.14. The zero-order valence-electron chi connectivity index (χ0n) is 7.58. The van der Waals surface area contributed by atoms with Gasteiger partial charge in [0.25, 0.3) is 0 Å². The minimum Gasteiger partial charge on any atom is -0.506 e. The Hall–Kier alpha value is -1.31. The number of ether oxygens (including phenoxy) is 1. The van der Waals surface area contributed by atoms with E-state index in [0.717, 1.165) is 6.20 Å². The van der Waals surface area contributed by atoms with Gasteiger partial charge >= 0.3 is 6.36 Å². The molecule has 0 aromatic carbocycles. The molecule has 4 nitrogen and oxygen atoms in total. The first kappa shape index (κ1) is 12.8. The van der Waals surface area contributed by atoms with E-state index in [4.69, 9.17) is 0 Å². The molecule has 88 valence electrons. The Labute approximate surface area is 96.2 Å². The van der Waals surface area contributed by atoms with Crippen LogP contribution >= 0.6 is 15.9 Å². The highest BCUT2D eigenvalue weighted by molar-refractivity contribution is 9.08. The Morgan fingerprint density at radius 2 is 2.19 bits per heavy atom. The molecule has 16 heavy (non-hydrogen) atoms. The minimum atomic E-state index is -4.95. The van der Waals surface area contributed by atoms with Crippen LogP contribution in [0.3, 0.4) is 0 Å². The molecule has 0 atom stereocenters. The van der Waals surface area contributed by atoms with Gasteiger partial charge in [0.2, 0.25) is 0 Å². The summed E-state index contributed by atoms with van der Waals surface area (Å²) in [6, 6.07) is 0. The van der Waals surface area contributed by atoms with E-state index < -0.39 is 23.6 Å². The van der Waals surface area contributed by atoms with E-state index in [9.17, 15) is 23.1 Å². The van der Waals surface area contributed by atoms with Crippen molar-refractivity contribution in [2.24, 2.45) is 0 Å². The van der Waals surface area contributed by atoms with Crippen LogP contribution in [0, 0.1) is 0 Å². The van der Waals surface area contributed by atoms with Gasteiger partial charge < -0.3 is 9.84 Å². The lowest BCUT2D eigenvalue weighted by atomic mass is 10.2. The normalized spacial score (nSPS) is 11.2. The molecule has 0 saturated carbocycles. The number of aromatic nitrogens is 1. The lowest BCUT2D eigenvalue weighted by Crippen LogP contribution is -2.19. The molecular weight excluding hydrogens is 295 g/mol. The summed E-state index contributed by atoms with van der Waals surface area (Å²) in [5, 5.41) is 9.15. The van der Waals surface area contributed by atoms with Crippen LogP contribution in [0.2, 0.25) is 0 Å². The van der Waals surface area contributed by atoms with Crippen molar-refractivity contribution in [3.8, 4) is 11.5 Å². The van der Waals surface area contributed by atoms with Crippen LogP contribution < -0.4 is 4.74 Å². The number of hydrogen-bond acceptors (Lipinski definition) is 4. The SMILES string of the molecule is O=Cc1ncc(O)c(CBr)c1OC(F)(F)F.